The van der Waals surface area contributed by atoms with E-state index in [9.17, 15) is 4.79 Å². The highest BCUT2D eigenvalue weighted by molar-refractivity contribution is 6.53. The maximum atomic E-state index is 11.9. The number of carbonyl (C=O) groups excluding carboxylic acids is 1. The Morgan fingerprint density at radius 2 is 1.80 bits per heavy atom. The largest absolute Gasteiger partial charge is 0.396 e. The number of allylic oxidation sites excluding steroid dienone is 1. The van der Waals surface area contributed by atoms with E-state index in [0.717, 1.165) is 21.9 Å². The van der Waals surface area contributed by atoms with Crippen LogP contribution in [0.25, 0.3) is 16.5 Å². The first-order valence-corrected chi connectivity index (χ1v) is 6.35. The number of nitrogens with one attached hydrogen (secondary N) is 1. The van der Waals surface area contributed by atoms with Gasteiger partial charge in [0.15, 0.2) is 0 Å². The van der Waals surface area contributed by atoms with Crippen molar-refractivity contribution in [3.05, 3.63) is 52.2 Å². The van der Waals surface area contributed by atoms with E-state index >= 15 is 0 Å². The van der Waals surface area contributed by atoms with Crippen LogP contribution in [0, 0.1) is 19.3 Å². The SMILES string of the molecule is Cc1cccc2cc3c(c(C)c12)C(N)=C(N)C(=O)C3=N. The van der Waals surface area contributed by atoms with Crippen molar-refractivity contribution in [1.29, 1.82) is 5.41 Å². The van der Waals surface area contributed by atoms with E-state index in [0.29, 0.717) is 11.1 Å². The van der Waals surface area contributed by atoms with Crippen LogP contribution in [0.2, 0.25) is 0 Å². The van der Waals surface area contributed by atoms with Crippen molar-refractivity contribution >= 4 is 28.0 Å². The molecule has 4 nitrogen and oxygen atoms in total. The summed E-state index contributed by atoms with van der Waals surface area (Å²) in [5, 5.41) is 10.1. The highest BCUT2D eigenvalue weighted by Crippen LogP contribution is 2.34. The van der Waals surface area contributed by atoms with Gasteiger partial charge in [-0.1, -0.05) is 18.2 Å². The fraction of sp³-hybridized carbons (Fsp3) is 0.125. The fourth-order valence-corrected chi connectivity index (χ4v) is 2.94. The summed E-state index contributed by atoms with van der Waals surface area (Å²) in [5.74, 6) is -0.499. The first-order valence-electron chi connectivity index (χ1n) is 6.35. The monoisotopic (exact) mass is 265 g/mol. The average Bonchev–Trinajstić information content (AvgIpc) is 2.42. The van der Waals surface area contributed by atoms with Crippen LogP contribution in [0.1, 0.15) is 22.3 Å². The van der Waals surface area contributed by atoms with E-state index in [-0.39, 0.29) is 17.1 Å². The molecule has 0 saturated carbocycles. The standard InChI is InChI=1S/C16H15N3O/c1-7-4-3-5-9-6-10-12(8(2)11(7)9)14(18)15(19)16(20)13(10)17/h3-6,17H,18-19H2,1-2H3. The number of aryl methyl sites for hydroxylation is 2. The molecule has 0 spiro atoms. The second kappa shape index (κ2) is 3.93. The van der Waals surface area contributed by atoms with E-state index in [1.54, 1.807) is 0 Å². The molecule has 0 aliphatic heterocycles. The van der Waals surface area contributed by atoms with Gasteiger partial charge in [-0.05, 0) is 41.8 Å². The predicted molar refractivity (Wildman–Crippen MR) is 80.6 cm³/mol. The number of ketones is 1. The fourth-order valence-electron chi connectivity index (χ4n) is 2.94. The molecule has 3 rings (SSSR count). The molecule has 20 heavy (non-hydrogen) atoms. The summed E-state index contributed by atoms with van der Waals surface area (Å²) in [6.07, 6.45) is 0. The zero-order valence-electron chi connectivity index (χ0n) is 11.4. The third-order valence-corrected chi connectivity index (χ3v) is 3.92. The summed E-state index contributed by atoms with van der Waals surface area (Å²) in [6, 6.07) is 7.82. The Balaban J connectivity index is 2.53. The number of fused-ring (bicyclic) bond motifs is 2. The van der Waals surface area contributed by atoms with E-state index in [1.165, 1.54) is 0 Å². The molecule has 0 aromatic heterocycles. The Kier molecular flexibility index (Phi) is 2.44. The lowest BCUT2D eigenvalue weighted by atomic mass is 9.84. The Morgan fingerprint density at radius 1 is 1.10 bits per heavy atom. The number of rotatable bonds is 0. The highest BCUT2D eigenvalue weighted by atomic mass is 16.1. The molecule has 0 atom stereocenters. The van der Waals surface area contributed by atoms with Gasteiger partial charge < -0.3 is 11.5 Å². The first kappa shape index (κ1) is 12.4. The zero-order chi connectivity index (χ0) is 14.6. The molecule has 5 N–H and O–H groups in total. The summed E-state index contributed by atoms with van der Waals surface area (Å²) in [6.45, 7) is 3.99. The Bertz CT molecular complexity index is 831. The van der Waals surface area contributed by atoms with Crippen LogP contribution in [0.4, 0.5) is 0 Å². The lowest BCUT2D eigenvalue weighted by Gasteiger charge is -2.22. The second-order valence-electron chi connectivity index (χ2n) is 5.13. The van der Waals surface area contributed by atoms with Crippen molar-refractivity contribution in [3.8, 4) is 0 Å². The Labute approximate surface area is 116 Å². The number of nitrogens with two attached hydrogens (primary N) is 2. The van der Waals surface area contributed by atoms with Crippen LogP contribution in [0.15, 0.2) is 30.0 Å². The molecule has 2 aromatic rings. The predicted octanol–water partition coefficient (Wildman–Crippen LogP) is 1.99. The Hall–Kier alpha value is -2.62. The van der Waals surface area contributed by atoms with Crippen LogP contribution in [0.5, 0.6) is 0 Å². The van der Waals surface area contributed by atoms with Gasteiger partial charge in [-0.25, -0.2) is 0 Å². The van der Waals surface area contributed by atoms with Crippen molar-refractivity contribution in [2.24, 2.45) is 11.5 Å². The maximum Gasteiger partial charge on any atom is 0.228 e. The third-order valence-electron chi connectivity index (χ3n) is 3.92. The Morgan fingerprint density at radius 3 is 2.50 bits per heavy atom. The summed E-state index contributed by atoms with van der Waals surface area (Å²) < 4.78 is 0. The van der Waals surface area contributed by atoms with Gasteiger partial charge in [0.1, 0.15) is 11.4 Å². The number of hydrogen-bond acceptors (Lipinski definition) is 4. The first-order chi connectivity index (χ1) is 9.43. The van der Waals surface area contributed by atoms with Crippen LogP contribution in [-0.2, 0) is 4.79 Å². The van der Waals surface area contributed by atoms with Gasteiger partial charge in [-0.3, -0.25) is 10.2 Å². The summed E-state index contributed by atoms with van der Waals surface area (Å²) in [5.41, 5.74) is 15.3. The number of carbonyl (C=O) groups is 1. The molecule has 100 valence electrons. The maximum absolute atomic E-state index is 11.9. The lowest BCUT2D eigenvalue weighted by Crippen LogP contribution is -2.31. The molecule has 0 heterocycles. The smallest absolute Gasteiger partial charge is 0.228 e. The van der Waals surface area contributed by atoms with Crippen LogP contribution in [-0.4, -0.2) is 11.5 Å². The molecular formula is C16H15N3O. The minimum Gasteiger partial charge on any atom is -0.396 e. The van der Waals surface area contributed by atoms with Crippen LogP contribution < -0.4 is 11.5 Å². The molecule has 1 aliphatic rings. The van der Waals surface area contributed by atoms with Crippen molar-refractivity contribution in [2.45, 2.75) is 13.8 Å². The van der Waals surface area contributed by atoms with Crippen molar-refractivity contribution in [3.63, 3.8) is 0 Å². The molecule has 0 unspecified atom stereocenters. The van der Waals surface area contributed by atoms with E-state index in [1.807, 2.05) is 38.1 Å². The zero-order valence-corrected chi connectivity index (χ0v) is 11.4. The molecule has 2 aromatic carbocycles. The molecule has 4 heteroatoms. The van der Waals surface area contributed by atoms with Gasteiger partial charge in [0.25, 0.3) is 0 Å². The van der Waals surface area contributed by atoms with E-state index in [4.69, 9.17) is 16.9 Å². The molecule has 0 amide bonds. The van der Waals surface area contributed by atoms with Gasteiger partial charge in [0.2, 0.25) is 5.78 Å². The van der Waals surface area contributed by atoms with Crippen molar-refractivity contribution < 1.29 is 4.79 Å². The van der Waals surface area contributed by atoms with Crippen LogP contribution in [0.3, 0.4) is 0 Å². The van der Waals surface area contributed by atoms with Gasteiger partial charge in [-0.2, -0.15) is 0 Å². The highest BCUT2D eigenvalue weighted by Gasteiger charge is 2.29. The third kappa shape index (κ3) is 1.42. The summed E-state index contributed by atoms with van der Waals surface area (Å²) in [7, 11) is 0. The molecule has 0 fully saturated rings. The molecular weight excluding hydrogens is 250 g/mol. The number of hydrogen-bond donors (Lipinski definition) is 3. The minimum atomic E-state index is -0.499. The van der Waals surface area contributed by atoms with Gasteiger partial charge in [0, 0.05) is 11.1 Å². The van der Waals surface area contributed by atoms with E-state index < -0.39 is 5.78 Å². The molecule has 0 radical (unpaired) electrons. The second-order valence-corrected chi connectivity index (χ2v) is 5.13. The van der Waals surface area contributed by atoms with Crippen LogP contribution >= 0.6 is 0 Å². The van der Waals surface area contributed by atoms with Crippen molar-refractivity contribution in [2.75, 3.05) is 0 Å². The quantitative estimate of drug-likeness (QED) is 0.680. The van der Waals surface area contributed by atoms with E-state index in [2.05, 4.69) is 0 Å². The molecule has 1 aliphatic carbocycles. The normalized spacial score (nSPS) is 14.9. The number of benzene rings is 2. The number of Topliss-reactive ketones (excluding diaryl/α,β-unsaturated/α-hetero) is 1. The molecule has 0 saturated heterocycles. The minimum absolute atomic E-state index is 0.0291. The van der Waals surface area contributed by atoms with Crippen molar-refractivity contribution in [1.82, 2.24) is 0 Å². The summed E-state index contributed by atoms with van der Waals surface area (Å²) >= 11 is 0. The summed E-state index contributed by atoms with van der Waals surface area (Å²) in [4.78, 5) is 11.9. The van der Waals surface area contributed by atoms with Gasteiger partial charge in [-0.15, -0.1) is 0 Å². The average molecular weight is 265 g/mol. The van der Waals surface area contributed by atoms with Gasteiger partial charge >= 0.3 is 0 Å². The molecule has 0 bridgehead atoms. The van der Waals surface area contributed by atoms with Gasteiger partial charge in [0.05, 0.1) is 5.70 Å². The topological polar surface area (TPSA) is 93.0 Å². The lowest BCUT2D eigenvalue weighted by molar-refractivity contribution is -0.109.